The highest BCUT2D eigenvalue weighted by Crippen LogP contribution is 2.38. The van der Waals surface area contributed by atoms with Crippen molar-refractivity contribution in [1.82, 2.24) is 9.55 Å². The molecule has 0 saturated carbocycles. The molecule has 0 fully saturated rings. The largest absolute Gasteiger partial charge is 0.534 e. The molecule has 0 atom stereocenters. The Balaban J connectivity index is 1.93. The maximum absolute atomic E-state index is 12.8. The van der Waals surface area contributed by atoms with Crippen LogP contribution in [-0.2, 0) is 22.3 Å². The van der Waals surface area contributed by atoms with Crippen LogP contribution in [0.5, 0.6) is 5.75 Å². The number of nitrogens with zero attached hydrogens (tertiary/aromatic N) is 2. The monoisotopic (exact) mass is 476 g/mol. The Hall–Kier alpha value is -3.37. The molecule has 0 aliphatic heterocycles. The van der Waals surface area contributed by atoms with E-state index >= 15 is 0 Å². The number of alkyl halides is 3. The van der Waals surface area contributed by atoms with Gasteiger partial charge in [0.05, 0.1) is 11.0 Å². The van der Waals surface area contributed by atoms with Crippen molar-refractivity contribution in [1.29, 1.82) is 0 Å². The van der Waals surface area contributed by atoms with Crippen LogP contribution in [0.25, 0.3) is 11.0 Å². The topological polar surface area (TPSA) is 81.4 Å². The Kier molecular flexibility index (Phi) is 5.67. The van der Waals surface area contributed by atoms with Gasteiger partial charge in [-0.25, -0.2) is 4.98 Å². The third-order valence-corrected chi connectivity index (χ3v) is 6.21. The maximum atomic E-state index is 12.8. The van der Waals surface area contributed by atoms with Crippen LogP contribution in [-0.4, -0.2) is 28.6 Å². The van der Waals surface area contributed by atoms with Gasteiger partial charge in [0, 0.05) is 12.6 Å². The summed E-state index contributed by atoms with van der Waals surface area (Å²) in [6.07, 6.45) is 0. The number of hydrogen-bond acceptors (Lipinski definition) is 5. The predicted molar refractivity (Wildman–Crippen MR) is 116 cm³/mol. The zero-order chi connectivity index (χ0) is 23.9. The molecule has 0 bridgehead atoms. The fourth-order valence-corrected chi connectivity index (χ4v) is 4.16. The highest BCUT2D eigenvalue weighted by Gasteiger charge is 2.48. The predicted octanol–water partition coefficient (Wildman–Crippen LogP) is 4.57. The van der Waals surface area contributed by atoms with Gasteiger partial charge in [0.1, 0.15) is 5.75 Å². The molecule has 0 aliphatic carbocycles. The molecule has 4 rings (SSSR count). The van der Waals surface area contributed by atoms with Crippen molar-refractivity contribution in [2.24, 2.45) is 0 Å². The summed E-state index contributed by atoms with van der Waals surface area (Å²) in [5.41, 5.74) is -5.49. The number of benzene rings is 3. The van der Waals surface area contributed by atoms with Crippen LogP contribution in [0.15, 0.2) is 78.9 Å². The highest BCUT2D eigenvalue weighted by molar-refractivity contribution is 7.88. The van der Waals surface area contributed by atoms with E-state index in [0.29, 0.717) is 28.7 Å². The van der Waals surface area contributed by atoms with E-state index in [1.165, 1.54) is 6.07 Å². The Morgan fingerprint density at radius 1 is 0.939 bits per heavy atom. The molecule has 0 aliphatic rings. The third-order valence-electron chi connectivity index (χ3n) is 5.23. The quantitative estimate of drug-likeness (QED) is 0.326. The van der Waals surface area contributed by atoms with E-state index in [2.05, 4.69) is 9.17 Å². The van der Waals surface area contributed by atoms with Gasteiger partial charge in [-0.15, -0.1) is 0 Å². The van der Waals surface area contributed by atoms with Crippen LogP contribution in [0.3, 0.4) is 0 Å². The Labute approximate surface area is 188 Å². The second kappa shape index (κ2) is 8.20. The molecule has 4 aromatic rings. The lowest BCUT2D eigenvalue weighted by Gasteiger charge is -2.29. The third kappa shape index (κ3) is 3.96. The van der Waals surface area contributed by atoms with Crippen molar-refractivity contribution in [2.45, 2.75) is 24.6 Å². The first-order chi connectivity index (χ1) is 15.6. The molecule has 172 valence electrons. The van der Waals surface area contributed by atoms with Crippen molar-refractivity contribution in [3.8, 4) is 5.75 Å². The summed E-state index contributed by atoms with van der Waals surface area (Å²) in [4.78, 5) is 4.58. The van der Waals surface area contributed by atoms with Gasteiger partial charge >= 0.3 is 15.6 Å². The summed E-state index contributed by atoms with van der Waals surface area (Å²) in [7, 11) is -5.83. The fourth-order valence-electron chi connectivity index (χ4n) is 3.71. The van der Waals surface area contributed by atoms with Crippen LogP contribution in [0.1, 0.15) is 23.9 Å². The first kappa shape index (κ1) is 22.8. The van der Waals surface area contributed by atoms with Crippen LogP contribution >= 0.6 is 0 Å². The summed E-state index contributed by atoms with van der Waals surface area (Å²) in [6, 6.07) is 21.3. The average Bonchev–Trinajstić information content (AvgIpc) is 3.17. The molecule has 6 nitrogen and oxygen atoms in total. The van der Waals surface area contributed by atoms with Crippen molar-refractivity contribution in [3.05, 3.63) is 95.8 Å². The van der Waals surface area contributed by atoms with E-state index in [1.54, 1.807) is 60.0 Å². The summed E-state index contributed by atoms with van der Waals surface area (Å²) in [5, 5.41) is 12.0. The minimum atomic E-state index is -5.83. The number of hydrogen-bond donors (Lipinski definition) is 1. The number of rotatable bonds is 6. The minimum absolute atomic E-state index is 0.230. The Bertz CT molecular complexity index is 1350. The lowest BCUT2D eigenvalue weighted by atomic mass is 9.85. The molecular formula is C23H19F3N2O4S. The normalized spacial score (nSPS) is 12.8. The second-order valence-corrected chi connectivity index (χ2v) is 8.79. The molecule has 1 heterocycles. The van der Waals surface area contributed by atoms with E-state index in [0.717, 1.165) is 12.1 Å². The smallest absolute Gasteiger partial charge is 0.376 e. The fraction of sp³-hybridized carbons (Fsp3) is 0.174. The van der Waals surface area contributed by atoms with Crippen molar-refractivity contribution in [2.75, 3.05) is 0 Å². The molecule has 0 saturated heterocycles. The van der Waals surface area contributed by atoms with E-state index in [1.807, 2.05) is 12.1 Å². The first-order valence-corrected chi connectivity index (χ1v) is 11.3. The van der Waals surface area contributed by atoms with E-state index < -0.39 is 27.0 Å². The molecule has 0 radical (unpaired) electrons. The lowest BCUT2D eigenvalue weighted by molar-refractivity contribution is -0.0500. The van der Waals surface area contributed by atoms with Gasteiger partial charge in [-0.2, -0.15) is 21.6 Å². The first-order valence-electron chi connectivity index (χ1n) is 9.93. The maximum Gasteiger partial charge on any atom is 0.534 e. The molecule has 33 heavy (non-hydrogen) atoms. The molecular weight excluding hydrogens is 457 g/mol. The van der Waals surface area contributed by atoms with Crippen LogP contribution < -0.4 is 4.18 Å². The van der Waals surface area contributed by atoms with Gasteiger partial charge < -0.3 is 13.9 Å². The zero-order valence-corrected chi connectivity index (χ0v) is 18.1. The SMILES string of the molecule is CCn1c(C(O)(c2ccccc2)c2ccccc2)nc2ccc(OS(=O)(=O)C(F)(F)F)cc21. The standard InChI is InChI=1S/C23H19F3N2O4S/c1-2-28-20-15-18(32-33(30,31)23(24,25)26)13-14-19(20)27-21(28)22(29,16-9-5-3-6-10-16)17-11-7-4-8-12-17/h3-15,29H,2H2,1H3. The van der Waals surface area contributed by atoms with Gasteiger partial charge in [0.15, 0.2) is 11.4 Å². The van der Waals surface area contributed by atoms with Crippen LogP contribution in [0.4, 0.5) is 13.2 Å². The van der Waals surface area contributed by atoms with Crippen molar-refractivity contribution in [3.63, 3.8) is 0 Å². The molecule has 1 aromatic heterocycles. The van der Waals surface area contributed by atoms with Gasteiger partial charge in [0.2, 0.25) is 0 Å². The molecule has 1 N–H and O–H groups in total. The van der Waals surface area contributed by atoms with E-state index in [9.17, 15) is 26.7 Å². The van der Waals surface area contributed by atoms with Gasteiger partial charge in [-0.3, -0.25) is 0 Å². The summed E-state index contributed by atoms with van der Waals surface area (Å²) in [6.45, 7) is 2.07. The minimum Gasteiger partial charge on any atom is -0.376 e. The highest BCUT2D eigenvalue weighted by atomic mass is 32.2. The van der Waals surface area contributed by atoms with Crippen molar-refractivity contribution < 1.29 is 30.9 Å². The van der Waals surface area contributed by atoms with Crippen LogP contribution in [0.2, 0.25) is 0 Å². The van der Waals surface area contributed by atoms with Crippen LogP contribution in [0, 0.1) is 0 Å². The Morgan fingerprint density at radius 3 is 1.97 bits per heavy atom. The van der Waals surface area contributed by atoms with E-state index in [4.69, 9.17) is 0 Å². The zero-order valence-electron chi connectivity index (χ0n) is 17.3. The Morgan fingerprint density at radius 2 is 1.48 bits per heavy atom. The van der Waals surface area contributed by atoms with Gasteiger partial charge in [0.25, 0.3) is 0 Å². The van der Waals surface area contributed by atoms with Crippen molar-refractivity contribution >= 4 is 21.2 Å². The molecule has 0 spiro atoms. The summed E-state index contributed by atoms with van der Waals surface area (Å²) >= 11 is 0. The number of halogens is 3. The molecule has 0 unspecified atom stereocenters. The number of aromatic nitrogens is 2. The molecule has 0 amide bonds. The number of aliphatic hydroxyl groups is 1. The number of imidazole rings is 1. The van der Waals surface area contributed by atoms with E-state index in [-0.39, 0.29) is 5.82 Å². The molecule has 10 heteroatoms. The number of aryl methyl sites for hydroxylation is 1. The molecule has 3 aromatic carbocycles. The number of fused-ring (bicyclic) bond motifs is 1. The van der Waals surface area contributed by atoms with Gasteiger partial charge in [-0.05, 0) is 30.2 Å². The summed E-state index contributed by atoms with van der Waals surface area (Å²) < 4.78 is 67.0. The summed E-state index contributed by atoms with van der Waals surface area (Å²) in [5.74, 6) is -0.280. The lowest BCUT2D eigenvalue weighted by Crippen LogP contribution is -2.32. The van der Waals surface area contributed by atoms with Gasteiger partial charge in [-0.1, -0.05) is 60.7 Å². The average molecular weight is 476 g/mol. The second-order valence-electron chi connectivity index (χ2n) is 7.26.